The molecule has 0 bridgehead atoms. The monoisotopic (exact) mass is 199 g/mol. The van der Waals surface area contributed by atoms with Gasteiger partial charge in [-0.25, -0.2) is 4.98 Å². The molecule has 3 N–H and O–H groups in total. The normalized spacial score (nSPS) is 14.3. The highest BCUT2D eigenvalue weighted by Gasteiger charge is 2.13. The van der Waals surface area contributed by atoms with E-state index >= 15 is 0 Å². The van der Waals surface area contributed by atoms with Crippen molar-refractivity contribution in [3.8, 4) is 0 Å². The molecule has 4 nitrogen and oxygen atoms in total. The van der Waals surface area contributed by atoms with E-state index in [4.69, 9.17) is 5.73 Å². The number of nitrogens with one attached hydrogen (secondary N) is 1. The first-order valence-electron chi connectivity index (χ1n) is 4.10. The van der Waals surface area contributed by atoms with Gasteiger partial charge in [-0.05, 0) is 12.8 Å². The number of aldehydes is 1. The Labute approximate surface area is 81.2 Å². The van der Waals surface area contributed by atoms with Crippen LogP contribution in [0.1, 0.15) is 23.3 Å². The lowest BCUT2D eigenvalue weighted by Crippen LogP contribution is -1.94. The predicted molar refractivity (Wildman–Crippen MR) is 54.3 cm³/mol. The standard InChI is InChI=1S/C5H6N2OS.C3H7N/c1-6-5-7-4(2-8)3-9-5;4-3-1-2-3/h2-3H,1H3,(H,6,7);3H,1-2,4H2. The SMILES string of the molecule is CNc1nc(C=O)cs1.NC1CC1. The fraction of sp³-hybridized carbons (Fsp3) is 0.500. The lowest BCUT2D eigenvalue weighted by Gasteiger charge is -1.85. The molecule has 5 heteroatoms. The molecular weight excluding hydrogens is 186 g/mol. The molecule has 1 aromatic heterocycles. The van der Waals surface area contributed by atoms with Crippen LogP contribution in [0.4, 0.5) is 5.13 Å². The number of hydrogen-bond acceptors (Lipinski definition) is 5. The van der Waals surface area contributed by atoms with Gasteiger partial charge in [0.1, 0.15) is 5.69 Å². The molecule has 0 spiro atoms. The van der Waals surface area contributed by atoms with Gasteiger partial charge >= 0.3 is 0 Å². The quantitative estimate of drug-likeness (QED) is 0.700. The van der Waals surface area contributed by atoms with Crippen molar-refractivity contribution in [1.82, 2.24) is 4.98 Å². The highest BCUT2D eigenvalue weighted by atomic mass is 32.1. The zero-order valence-electron chi connectivity index (χ0n) is 7.49. The van der Waals surface area contributed by atoms with Gasteiger partial charge in [-0.3, -0.25) is 4.79 Å². The van der Waals surface area contributed by atoms with E-state index in [1.165, 1.54) is 24.2 Å². The average molecular weight is 199 g/mol. The molecule has 2 rings (SSSR count). The van der Waals surface area contributed by atoms with E-state index in [-0.39, 0.29) is 0 Å². The molecule has 1 aliphatic carbocycles. The summed E-state index contributed by atoms with van der Waals surface area (Å²) in [6, 6.07) is 0.583. The van der Waals surface area contributed by atoms with Crippen LogP contribution in [0.5, 0.6) is 0 Å². The molecule has 1 saturated carbocycles. The van der Waals surface area contributed by atoms with Crippen molar-refractivity contribution in [3.05, 3.63) is 11.1 Å². The molecule has 72 valence electrons. The summed E-state index contributed by atoms with van der Waals surface area (Å²) in [7, 11) is 1.77. The van der Waals surface area contributed by atoms with Crippen molar-refractivity contribution >= 4 is 22.8 Å². The van der Waals surface area contributed by atoms with Crippen LogP contribution in [0.2, 0.25) is 0 Å². The summed E-state index contributed by atoms with van der Waals surface area (Å²) in [5, 5.41) is 5.31. The zero-order valence-corrected chi connectivity index (χ0v) is 8.30. The summed E-state index contributed by atoms with van der Waals surface area (Å²) in [5.74, 6) is 0. The number of hydrogen-bond donors (Lipinski definition) is 2. The molecule has 1 aliphatic rings. The lowest BCUT2D eigenvalue weighted by atomic mass is 10.6. The van der Waals surface area contributed by atoms with Crippen LogP contribution in [0.25, 0.3) is 0 Å². The number of carbonyl (C=O) groups excluding carboxylic acids is 1. The number of carbonyl (C=O) groups is 1. The molecule has 1 heterocycles. The predicted octanol–water partition coefficient (Wildman–Crippen LogP) is 1.10. The third kappa shape index (κ3) is 4.00. The van der Waals surface area contributed by atoms with Gasteiger partial charge in [0.2, 0.25) is 0 Å². The molecule has 1 fully saturated rings. The molecule has 0 radical (unpaired) electrons. The zero-order chi connectivity index (χ0) is 9.68. The maximum absolute atomic E-state index is 10.1. The minimum absolute atomic E-state index is 0.490. The van der Waals surface area contributed by atoms with Gasteiger partial charge in [-0.1, -0.05) is 0 Å². The van der Waals surface area contributed by atoms with Crippen molar-refractivity contribution in [1.29, 1.82) is 0 Å². The Kier molecular flexibility index (Phi) is 3.85. The molecule has 1 aromatic rings. The number of nitrogens with two attached hydrogens (primary N) is 1. The molecule has 0 aliphatic heterocycles. The van der Waals surface area contributed by atoms with Crippen molar-refractivity contribution < 1.29 is 4.79 Å². The molecule has 0 amide bonds. The van der Waals surface area contributed by atoms with Gasteiger partial charge in [-0.2, -0.15) is 0 Å². The molecule has 0 saturated heterocycles. The molecule has 0 unspecified atom stereocenters. The van der Waals surface area contributed by atoms with Gasteiger partial charge in [-0.15, -0.1) is 11.3 Å². The maximum Gasteiger partial charge on any atom is 0.183 e. The van der Waals surface area contributed by atoms with Crippen LogP contribution < -0.4 is 11.1 Å². The Morgan fingerprint density at radius 1 is 1.77 bits per heavy atom. The lowest BCUT2D eigenvalue weighted by molar-refractivity contribution is 0.112. The summed E-state index contributed by atoms with van der Waals surface area (Å²) in [6.45, 7) is 0. The van der Waals surface area contributed by atoms with Crippen LogP contribution >= 0.6 is 11.3 Å². The first kappa shape index (κ1) is 10.1. The average Bonchev–Trinajstić information content (AvgIpc) is 2.80. The Morgan fingerprint density at radius 2 is 2.38 bits per heavy atom. The second kappa shape index (κ2) is 4.94. The van der Waals surface area contributed by atoms with E-state index in [9.17, 15) is 4.79 Å². The Hall–Kier alpha value is -0.940. The molecule has 0 atom stereocenters. The van der Waals surface area contributed by atoms with Crippen LogP contribution in [0, 0.1) is 0 Å². The van der Waals surface area contributed by atoms with E-state index in [1.54, 1.807) is 12.4 Å². The topological polar surface area (TPSA) is 68.0 Å². The summed E-state index contributed by atoms with van der Waals surface area (Å²) >= 11 is 1.42. The van der Waals surface area contributed by atoms with Crippen molar-refractivity contribution in [2.75, 3.05) is 12.4 Å². The summed E-state index contributed by atoms with van der Waals surface area (Å²) in [5.41, 5.74) is 5.71. The number of thiazole rings is 1. The first-order valence-corrected chi connectivity index (χ1v) is 4.98. The molecular formula is C8H13N3OS. The van der Waals surface area contributed by atoms with Crippen molar-refractivity contribution in [2.24, 2.45) is 5.73 Å². The second-order valence-electron chi connectivity index (χ2n) is 2.78. The van der Waals surface area contributed by atoms with E-state index in [0.29, 0.717) is 11.7 Å². The highest BCUT2D eigenvalue weighted by molar-refractivity contribution is 7.13. The number of anilines is 1. The van der Waals surface area contributed by atoms with Crippen LogP contribution in [0.15, 0.2) is 5.38 Å². The Morgan fingerprint density at radius 3 is 2.62 bits per heavy atom. The van der Waals surface area contributed by atoms with E-state index in [0.717, 1.165) is 11.4 Å². The Balaban J connectivity index is 0.000000175. The van der Waals surface area contributed by atoms with Crippen LogP contribution in [-0.4, -0.2) is 24.4 Å². The summed E-state index contributed by atoms with van der Waals surface area (Å²) in [6.07, 6.45) is 3.26. The molecule has 0 aromatic carbocycles. The van der Waals surface area contributed by atoms with Gasteiger partial charge in [0.05, 0.1) is 0 Å². The minimum Gasteiger partial charge on any atom is -0.365 e. The van der Waals surface area contributed by atoms with Gasteiger partial charge in [0.25, 0.3) is 0 Å². The number of aromatic nitrogens is 1. The summed E-state index contributed by atoms with van der Waals surface area (Å²) < 4.78 is 0. The second-order valence-corrected chi connectivity index (χ2v) is 3.64. The largest absolute Gasteiger partial charge is 0.365 e. The van der Waals surface area contributed by atoms with E-state index in [2.05, 4.69) is 10.3 Å². The smallest absolute Gasteiger partial charge is 0.183 e. The first-order chi connectivity index (χ1) is 6.26. The van der Waals surface area contributed by atoms with Gasteiger partial charge < -0.3 is 11.1 Å². The fourth-order valence-electron chi connectivity index (χ4n) is 0.551. The third-order valence-electron chi connectivity index (χ3n) is 1.48. The highest BCUT2D eigenvalue weighted by Crippen LogP contribution is 2.14. The third-order valence-corrected chi connectivity index (χ3v) is 2.36. The van der Waals surface area contributed by atoms with Crippen molar-refractivity contribution in [2.45, 2.75) is 18.9 Å². The minimum atomic E-state index is 0.490. The summed E-state index contributed by atoms with van der Waals surface area (Å²) in [4.78, 5) is 13.9. The van der Waals surface area contributed by atoms with Gasteiger partial charge in [0, 0.05) is 18.5 Å². The fourth-order valence-corrected chi connectivity index (χ4v) is 1.17. The van der Waals surface area contributed by atoms with Crippen LogP contribution in [-0.2, 0) is 0 Å². The maximum atomic E-state index is 10.1. The molecule has 13 heavy (non-hydrogen) atoms. The number of rotatable bonds is 2. The van der Waals surface area contributed by atoms with Crippen molar-refractivity contribution in [3.63, 3.8) is 0 Å². The van der Waals surface area contributed by atoms with E-state index in [1.807, 2.05) is 0 Å². The van der Waals surface area contributed by atoms with Gasteiger partial charge in [0.15, 0.2) is 11.4 Å². The van der Waals surface area contributed by atoms with E-state index < -0.39 is 0 Å². The Bertz CT molecular complexity index is 270. The van der Waals surface area contributed by atoms with Crippen LogP contribution in [0.3, 0.4) is 0 Å². The number of nitrogens with zero attached hydrogens (tertiary/aromatic N) is 1.